The van der Waals surface area contributed by atoms with E-state index in [2.05, 4.69) is 54.5 Å². The monoisotopic (exact) mass is 618 g/mol. The van der Waals surface area contributed by atoms with Crippen LogP contribution in [0.4, 0.5) is 0 Å². The molecule has 4 saturated carbocycles. The Morgan fingerprint density at radius 2 is 1.62 bits per heavy atom. The molecule has 5 aliphatic rings. The minimum atomic E-state index is -0.780. The molecule has 6 rings (SSSR count). The van der Waals surface area contributed by atoms with Gasteiger partial charge in [0.05, 0.1) is 11.5 Å². The van der Waals surface area contributed by atoms with Gasteiger partial charge in [0.2, 0.25) is 0 Å². The molecule has 3 N–H and O–H groups in total. The maximum atomic E-state index is 13.0. The van der Waals surface area contributed by atoms with E-state index in [4.69, 9.17) is 4.74 Å². The van der Waals surface area contributed by atoms with Gasteiger partial charge in [0.25, 0.3) is 0 Å². The summed E-state index contributed by atoms with van der Waals surface area (Å²) in [6, 6.07) is 6.62. The fourth-order valence-corrected chi connectivity index (χ4v) is 12.1. The number of carbonyl (C=O) groups is 2. The molecule has 1 aromatic carbocycles. The van der Waals surface area contributed by atoms with Crippen LogP contribution in [0.2, 0.25) is 0 Å². The van der Waals surface area contributed by atoms with E-state index in [9.17, 15) is 24.9 Å². The highest BCUT2D eigenvalue weighted by Crippen LogP contribution is 2.75. The van der Waals surface area contributed by atoms with Gasteiger partial charge in [-0.05, 0) is 121 Å². The number of hydrogen-bond acceptors (Lipinski definition) is 5. The highest BCUT2D eigenvalue weighted by atomic mass is 16.6. The number of rotatable bonds is 4. The molecule has 0 radical (unpaired) electrons. The van der Waals surface area contributed by atoms with Gasteiger partial charge in [0, 0.05) is 11.5 Å². The Balaban J connectivity index is 1.29. The van der Waals surface area contributed by atoms with Crippen molar-refractivity contribution < 1.29 is 29.6 Å². The maximum absolute atomic E-state index is 13.0. The van der Waals surface area contributed by atoms with Crippen molar-refractivity contribution in [2.45, 2.75) is 112 Å². The van der Waals surface area contributed by atoms with Crippen LogP contribution in [-0.4, -0.2) is 39.5 Å². The summed E-state index contributed by atoms with van der Waals surface area (Å²) in [7, 11) is 0. The fraction of sp³-hybridized carbons (Fsp3) is 0.692. The van der Waals surface area contributed by atoms with Gasteiger partial charge < -0.3 is 20.1 Å². The van der Waals surface area contributed by atoms with Crippen LogP contribution in [0.25, 0.3) is 6.08 Å². The second-order valence-electron chi connectivity index (χ2n) is 17.0. The third-order valence-electron chi connectivity index (χ3n) is 14.9. The highest BCUT2D eigenvalue weighted by Gasteiger charge is 2.70. The summed E-state index contributed by atoms with van der Waals surface area (Å²) in [5, 5.41) is 32.0. The van der Waals surface area contributed by atoms with Crippen LogP contribution in [0.5, 0.6) is 5.75 Å². The summed E-state index contributed by atoms with van der Waals surface area (Å²) in [6.07, 6.45) is 11.1. The number of aliphatic hydroxyl groups is 1. The summed E-state index contributed by atoms with van der Waals surface area (Å²) >= 11 is 0. The molecular weight excluding hydrogens is 564 g/mol. The zero-order valence-electron chi connectivity index (χ0n) is 28.3. The lowest BCUT2D eigenvalue weighted by Crippen LogP contribution is -2.67. The Bertz CT molecular complexity index is 1410. The van der Waals surface area contributed by atoms with Gasteiger partial charge in [-0.3, -0.25) is 4.79 Å². The molecule has 0 spiro atoms. The second kappa shape index (κ2) is 10.7. The van der Waals surface area contributed by atoms with E-state index in [1.54, 1.807) is 30.3 Å². The fourth-order valence-electron chi connectivity index (χ4n) is 12.1. The lowest BCUT2D eigenvalue weighted by atomic mass is 9.33. The number of carboxylic acid groups (broad SMARTS) is 1. The van der Waals surface area contributed by atoms with Gasteiger partial charge in [-0.2, -0.15) is 0 Å². The first-order valence-electron chi connectivity index (χ1n) is 17.3. The average molecular weight is 619 g/mol. The number of esters is 1. The lowest BCUT2D eigenvalue weighted by Gasteiger charge is -2.71. The number of benzene rings is 1. The van der Waals surface area contributed by atoms with Crippen LogP contribution in [0.1, 0.15) is 105 Å². The Morgan fingerprint density at radius 1 is 0.933 bits per heavy atom. The van der Waals surface area contributed by atoms with Gasteiger partial charge in [-0.25, -0.2) is 4.79 Å². The van der Waals surface area contributed by atoms with E-state index in [0.29, 0.717) is 24.2 Å². The third kappa shape index (κ3) is 4.58. The maximum Gasteiger partial charge on any atom is 0.331 e. The Labute approximate surface area is 269 Å². The molecule has 6 nitrogen and oxygen atoms in total. The van der Waals surface area contributed by atoms with Gasteiger partial charge in [0.15, 0.2) is 0 Å². The first kappa shape index (κ1) is 32.3. The molecule has 0 bridgehead atoms. The number of aliphatic carboxylic acids is 1. The molecule has 0 amide bonds. The van der Waals surface area contributed by atoms with Crippen molar-refractivity contribution >= 4 is 18.0 Å². The number of phenolic OH excluding ortho intramolecular Hbond substituents is 1. The third-order valence-corrected chi connectivity index (χ3v) is 14.9. The molecule has 246 valence electrons. The van der Waals surface area contributed by atoms with E-state index in [-0.39, 0.29) is 33.8 Å². The topological polar surface area (TPSA) is 104 Å². The second-order valence-corrected chi connectivity index (χ2v) is 17.0. The molecule has 0 aromatic heterocycles. The van der Waals surface area contributed by atoms with E-state index in [0.717, 1.165) is 50.5 Å². The van der Waals surface area contributed by atoms with Crippen molar-refractivity contribution in [3.63, 3.8) is 0 Å². The van der Waals surface area contributed by atoms with E-state index in [1.165, 1.54) is 11.6 Å². The lowest BCUT2D eigenvalue weighted by molar-refractivity contribution is -0.238. The first-order chi connectivity index (χ1) is 21.0. The van der Waals surface area contributed by atoms with E-state index < -0.39 is 35.0 Å². The summed E-state index contributed by atoms with van der Waals surface area (Å²) in [6.45, 7) is 16.2. The molecule has 1 aromatic rings. The number of hydrogen-bond donors (Lipinski definition) is 3. The number of carbonyl (C=O) groups excluding carboxylic acids is 1. The quantitative estimate of drug-likeness (QED) is 0.179. The molecule has 11 atom stereocenters. The summed E-state index contributed by atoms with van der Waals surface area (Å²) in [4.78, 5) is 26.0. The normalized spacial score (nSPS) is 45.3. The zero-order chi connectivity index (χ0) is 32.7. The molecule has 0 aliphatic heterocycles. The number of aliphatic hydroxyl groups excluding tert-OH is 1. The molecule has 6 heteroatoms. The van der Waals surface area contributed by atoms with Crippen molar-refractivity contribution in [2.75, 3.05) is 0 Å². The van der Waals surface area contributed by atoms with Crippen LogP contribution in [0.15, 0.2) is 42.0 Å². The van der Waals surface area contributed by atoms with Gasteiger partial charge >= 0.3 is 11.9 Å². The van der Waals surface area contributed by atoms with Crippen LogP contribution in [0, 0.1) is 56.7 Å². The standard InChI is InChI=1S/C39H54O6/c1-23-16-19-39(34(43)44)21-20-37(6)27(32(39)24(23)2)13-14-30-36(5)22-28(41)33(35(3,4)29(36)17-18-38(30,37)7)45-31(42)15-10-25-8-11-26(40)12-9-25/h8-13,15,23-24,28-30,32-33,40-41H,14,16-22H2,1-7H3,(H,43,44)/t23-,24+,28-,29?,30?,32+,33-,36?,37-,38-,39+/m1/s1. The van der Waals surface area contributed by atoms with Crippen molar-refractivity contribution in [2.24, 2.45) is 56.7 Å². The van der Waals surface area contributed by atoms with Crippen LogP contribution < -0.4 is 0 Å². The number of fused-ring (bicyclic) bond motifs is 7. The van der Waals surface area contributed by atoms with Gasteiger partial charge in [-0.1, -0.05) is 72.2 Å². The Hall–Kier alpha value is -2.60. The molecule has 5 aliphatic carbocycles. The smallest absolute Gasteiger partial charge is 0.331 e. The molecule has 0 saturated heterocycles. The number of phenols is 1. The molecular formula is C39H54O6. The van der Waals surface area contributed by atoms with Crippen molar-refractivity contribution in [1.29, 1.82) is 0 Å². The first-order valence-corrected chi connectivity index (χ1v) is 17.3. The number of ether oxygens (including phenoxy) is 1. The van der Waals surface area contributed by atoms with Crippen molar-refractivity contribution in [1.82, 2.24) is 0 Å². The van der Waals surface area contributed by atoms with Crippen LogP contribution in [-0.2, 0) is 14.3 Å². The van der Waals surface area contributed by atoms with Crippen molar-refractivity contribution in [3.05, 3.63) is 47.6 Å². The molecule has 4 fully saturated rings. The molecule has 0 heterocycles. The van der Waals surface area contributed by atoms with Gasteiger partial charge in [-0.15, -0.1) is 0 Å². The zero-order valence-corrected chi connectivity index (χ0v) is 28.3. The van der Waals surface area contributed by atoms with Gasteiger partial charge in [0.1, 0.15) is 11.9 Å². The number of allylic oxidation sites excluding steroid dienone is 2. The Kier molecular flexibility index (Phi) is 7.70. The SMILES string of the molecule is C[C@H]1[C@H](C)CC[C@]2(C(=O)O)CC[C@]3(C)C(=CCC4C5(C)C[C@@H](O)[C@@H](OC(=O)C=Cc6ccc(O)cc6)C(C)(C)C5CC[C@]43C)[C@H]12. The molecule has 45 heavy (non-hydrogen) atoms. The largest absolute Gasteiger partial charge is 0.508 e. The summed E-state index contributed by atoms with van der Waals surface area (Å²) in [5.74, 6) is 0.617. The van der Waals surface area contributed by atoms with Crippen LogP contribution >= 0.6 is 0 Å². The summed E-state index contributed by atoms with van der Waals surface area (Å²) < 4.78 is 6.05. The average Bonchev–Trinajstić information content (AvgIpc) is 2.97. The number of carboxylic acids is 1. The molecule has 3 unspecified atom stereocenters. The van der Waals surface area contributed by atoms with E-state index in [1.807, 2.05) is 0 Å². The van der Waals surface area contributed by atoms with Crippen LogP contribution in [0.3, 0.4) is 0 Å². The Morgan fingerprint density at radius 3 is 2.29 bits per heavy atom. The minimum Gasteiger partial charge on any atom is -0.508 e. The van der Waals surface area contributed by atoms with Crippen molar-refractivity contribution in [3.8, 4) is 5.75 Å². The minimum absolute atomic E-state index is 0.0143. The van der Waals surface area contributed by atoms with E-state index >= 15 is 0 Å². The number of aromatic hydroxyl groups is 1. The highest BCUT2D eigenvalue weighted by molar-refractivity contribution is 5.87. The summed E-state index contributed by atoms with van der Waals surface area (Å²) in [5.41, 5.74) is 0.857. The predicted molar refractivity (Wildman–Crippen MR) is 175 cm³/mol. The predicted octanol–water partition coefficient (Wildman–Crippen LogP) is 8.03.